The van der Waals surface area contributed by atoms with Crippen LogP contribution < -0.4 is 10.6 Å². The topological polar surface area (TPSA) is 78.4 Å². The molecule has 0 saturated carbocycles. The zero-order chi connectivity index (χ0) is 16.9. The smallest absolute Gasteiger partial charge is 0.313 e. The van der Waals surface area contributed by atoms with Crippen LogP contribution in [0.25, 0.3) is 0 Å². The van der Waals surface area contributed by atoms with Crippen molar-refractivity contribution in [2.75, 3.05) is 11.9 Å². The molecule has 2 atom stereocenters. The van der Waals surface area contributed by atoms with E-state index < -0.39 is 34.7 Å². The van der Waals surface area contributed by atoms with Crippen LogP contribution in [0.5, 0.6) is 0 Å². The molecule has 0 aliphatic rings. The quantitative estimate of drug-likeness (QED) is 0.725. The number of para-hydroxylation sites is 1. The molecule has 0 aliphatic heterocycles. The molecule has 0 fully saturated rings. The van der Waals surface area contributed by atoms with Crippen molar-refractivity contribution >= 4 is 17.5 Å². The SMILES string of the molecule is CC[C@@H](C)[C@@](C)(O)CNC(=O)C(=O)Nc1c(F)cccc1F. The van der Waals surface area contributed by atoms with Gasteiger partial charge in [-0.05, 0) is 25.0 Å². The van der Waals surface area contributed by atoms with Crippen LogP contribution in [0.3, 0.4) is 0 Å². The van der Waals surface area contributed by atoms with E-state index in [1.807, 2.05) is 12.2 Å². The second-order valence-electron chi connectivity index (χ2n) is 5.40. The molecule has 0 heterocycles. The van der Waals surface area contributed by atoms with Gasteiger partial charge in [-0.2, -0.15) is 0 Å². The van der Waals surface area contributed by atoms with Crippen LogP contribution in [0.2, 0.25) is 0 Å². The summed E-state index contributed by atoms with van der Waals surface area (Å²) < 4.78 is 26.7. The monoisotopic (exact) mass is 314 g/mol. The number of carbonyl (C=O) groups is 2. The molecule has 0 radical (unpaired) electrons. The third kappa shape index (κ3) is 4.49. The maximum atomic E-state index is 13.4. The molecule has 1 rings (SSSR count). The van der Waals surface area contributed by atoms with Crippen LogP contribution in [0.1, 0.15) is 27.2 Å². The van der Waals surface area contributed by atoms with E-state index in [1.165, 1.54) is 6.92 Å². The van der Waals surface area contributed by atoms with Crippen LogP contribution in [0.4, 0.5) is 14.5 Å². The van der Waals surface area contributed by atoms with E-state index in [9.17, 15) is 23.5 Å². The molecule has 5 nitrogen and oxygen atoms in total. The van der Waals surface area contributed by atoms with E-state index in [2.05, 4.69) is 5.32 Å². The summed E-state index contributed by atoms with van der Waals surface area (Å²) in [7, 11) is 0. The average Bonchev–Trinajstić information content (AvgIpc) is 2.47. The van der Waals surface area contributed by atoms with Gasteiger partial charge in [0.05, 0.1) is 5.60 Å². The summed E-state index contributed by atoms with van der Waals surface area (Å²) in [6, 6.07) is 3.07. The van der Waals surface area contributed by atoms with Crippen molar-refractivity contribution in [2.45, 2.75) is 32.8 Å². The fraction of sp³-hybridized carbons (Fsp3) is 0.467. The Kier molecular flexibility index (Phi) is 5.99. The highest BCUT2D eigenvalue weighted by atomic mass is 19.1. The first-order chi connectivity index (χ1) is 10.2. The van der Waals surface area contributed by atoms with Crippen LogP contribution in [-0.4, -0.2) is 29.1 Å². The third-order valence-electron chi connectivity index (χ3n) is 3.69. The minimum atomic E-state index is -1.20. The van der Waals surface area contributed by atoms with E-state index in [1.54, 1.807) is 6.92 Å². The second kappa shape index (κ2) is 7.31. The van der Waals surface area contributed by atoms with Crippen LogP contribution >= 0.6 is 0 Å². The molecule has 0 spiro atoms. The molecule has 3 N–H and O–H groups in total. The Morgan fingerprint density at radius 2 is 1.82 bits per heavy atom. The Balaban J connectivity index is 2.65. The van der Waals surface area contributed by atoms with E-state index in [4.69, 9.17) is 0 Å². The normalized spacial score (nSPS) is 14.8. The Labute approximate surface area is 127 Å². The Morgan fingerprint density at radius 1 is 1.27 bits per heavy atom. The highest BCUT2D eigenvalue weighted by molar-refractivity contribution is 6.39. The van der Waals surface area contributed by atoms with Gasteiger partial charge >= 0.3 is 11.8 Å². The van der Waals surface area contributed by atoms with Crippen molar-refractivity contribution in [3.8, 4) is 0 Å². The highest BCUT2D eigenvalue weighted by Crippen LogP contribution is 2.19. The number of carbonyl (C=O) groups excluding carboxylic acids is 2. The van der Waals surface area contributed by atoms with Crippen molar-refractivity contribution in [1.29, 1.82) is 0 Å². The minimum absolute atomic E-state index is 0.0973. The second-order valence-corrected chi connectivity index (χ2v) is 5.40. The standard InChI is InChI=1S/C15H20F2N2O3/c1-4-9(2)15(3,22)8-18-13(20)14(21)19-12-10(16)6-5-7-11(12)17/h5-7,9,22H,4,8H2,1-3H3,(H,18,20)(H,19,21)/t9-,15+/m1/s1. The third-order valence-corrected chi connectivity index (χ3v) is 3.69. The largest absolute Gasteiger partial charge is 0.388 e. The molecule has 0 bridgehead atoms. The molecule has 0 aliphatic carbocycles. The number of anilines is 1. The van der Waals surface area contributed by atoms with Crippen molar-refractivity contribution in [1.82, 2.24) is 5.32 Å². The molecule has 7 heteroatoms. The number of benzene rings is 1. The number of amides is 2. The predicted molar refractivity (Wildman–Crippen MR) is 78.1 cm³/mol. The Morgan fingerprint density at radius 3 is 2.32 bits per heavy atom. The number of rotatable bonds is 5. The van der Waals surface area contributed by atoms with E-state index in [0.29, 0.717) is 6.42 Å². The zero-order valence-electron chi connectivity index (χ0n) is 12.7. The molecule has 2 amide bonds. The summed E-state index contributed by atoms with van der Waals surface area (Å²) in [4.78, 5) is 23.3. The lowest BCUT2D eigenvalue weighted by atomic mass is 9.89. The van der Waals surface area contributed by atoms with Crippen molar-refractivity contribution in [3.63, 3.8) is 0 Å². The maximum absolute atomic E-state index is 13.4. The van der Waals surface area contributed by atoms with E-state index >= 15 is 0 Å². The average molecular weight is 314 g/mol. The number of hydrogen-bond acceptors (Lipinski definition) is 3. The highest BCUT2D eigenvalue weighted by Gasteiger charge is 2.28. The zero-order valence-corrected chi connectivity index (χ0v) is 12.7. The van der Waals surface area contributed by atoms with Gasteiger partial charge in [-0.15, -0.1) is 0 Å². The van der Waals surface area contributed by atoms with Gasteiger partial charge in [0.1, 0.15) is 17.3 Å². The molecule has 1 aromatic carbocycles. The molecule has 1 aromatic rings. The van der Waals surface area contributed by atoms with Gasteiger partial charge in [0.25, 0.3) is 0 Å². The van der Waals surface area contributed by atoms with E-state index in [0.717, 1.165) is 18.2 Å². The first-order valence-electron chi connectivity index (χ1n) is 6.94. The van der Waals surface area contributed by atoms with Gasteiger partial charge in [-0.25, -0.2) is 8.78 Å². The molecular weight excluding hydrogens is 294 g/mol. The molecule has 122 valence electrons. The van der Waals surface area contributed by atoms with Crippen molar-refractivity contribution in [3.05, 3.63) is 29.8 Å². The summed E-state index contributed by atoms with van der Waals surface area (Å²) in [6.45, 7) is 5.08. The maximum Gasteiger partial charge on any atom is 0.313 e. The number of nitrogens with one attached hydrogen (secondary N) is 2. The fourth-order valence-electron chi connectivity index (χ4n) is 1.74. The molecule has 0 aromatic heterocycles. The van der Waals surface area contributed by atoms with Gasteiger partial charge in [0.15, 0.2) is 0 Å². The van der Waals surface area contributed by atoms with Crippen LogP contribution in [0.15, 0.2) is 18.2 Å². The lowest BCUT2D eigenvalue weighted by molar-refractivity contribution is -0.137. The first-order valence-corrected chi connectivity index (χ1v) is 6.94. The molecule has 22 heavy (non-hydrogen) atoms. The molecule has 0 saturated heterocycles. The lowest BCUT2D eigenvalue weighted by Gasteiger charge is -2.29. The summed E-state index contributed by atoms with van der Waals surface area (Å²) >= 11 is 0. The Hall–Kier alpha value is -2.02. The van der Waals surface area contributed by atoms with Gasteiger partial charge < -0.3 is 15.7 Å². The van der Waals surface area contributed by atoms with Gasteiger partial charge in [0.2, 0.25) is 0 Å². The summed E-state index contributed by atoms with van der Waals surface area (Å²) in [5.74, 6) is -4.34. The Bertz CT molecular complexity index is 541. The number of aliphatic hydroxyl groups is 1. The molecule has 0 unspecified atom stereocenters. The number of halogens is 2. The van der Waals surface area contributed by atoms with Gasteiger partial charge in [-0.1, -0.05) is 26.3 Å². The van der Waals surface area contributed by atoms with Crippen LogP contribution in [-0.2, 0) is 9.59 Å². The fourth-order valence-corrected chi connectivity index (χ4v) is 1.74. The van der Waals surface area contributed by atoms with Gasteiger partial charge in [0, 0.05) is 6.54 Å². The summed E-state index contributed by atoms with van der Waals surface area (Å²) in [6.07, 6.45) is 0.690. The summed E-state index contributed by atoms with van der Waals surface area (Å²) in [5, 5.41) is 14.3. The minimum Gasteiger partial charge on any atom is -0.388 e. The number of hydrogen-bond donors (Lipinski definition) is 3. The van der Waals surface area contributed by atoms with E-state index in [-0.39, 0.29) is 12.5 Å². The predicted octanol–water partition coefficient (Wildman–Crippen LogP) is 1.82. The van der Waals surface area contributed by atoms with Crippen LogP contribution in [0, 0.1) is 17.6 Å². The van der Waals surface area contributed by atoms with Crippen molar-refractivity contribution in [2.24, 2.45) is 5.92 Å². The first kappa shape index (κ1) is 18.0. The molecular formula is C15H20F2N2O3. The summed E-state index contributed by atoms with van der Waals surface area (Å²) in [5.41, 5.74) is -1.87. The van der Waals surface area contributed by atoms with Gasteiger partial charge in [-0.3, -0.25) is 9.59 Å². The lowest BCUT2D eigenvalue weighted by Crippen LogP contribution is -2.47. The van der Waals surface area contributed by atoms with Crippen molar-refractivity contribution < 1.29 is 23.5 Å².